The zero-order valence-corrected chi connectivity index (χ0v) is 21.0. The highest BCUT2D eigenvalue weighted by Crippen LogP contribution is 2.53. The van der Waals surface area contributed by atoms with Crippen LogP contribution in [-0.2, 0) is 4.79 Å². The number of aromatic nitrogens is 2. The molecular formula is C26H41N5O3. The molecule has 1 aromatic rings. The molecule has 0 aliphatic heterocycles. The fourth-order valence-corrected chi connectivity index (χ4v) is 6.14. The van der Waals surface area contributed by atoms with Gasteiger partial charge in [0.15, 0.2) is 0 Å². The first-order valence-electron chi connectivity index (χ1n) is 12.9. The monoisotopic (exact) mass is 471 g/mol. The van der Waals surface area contributed by atoms with Gasteiger partial charge in [-0.05, 0) is 75.5 Å². The number of nitrogens with zero attached hydrogens (tertiary/aromatic N) is 2. The number of nitrogens with two attached hydrogens (primary N) is 1. The second-order valence-electron chi connectivity index (χ2n) is 11.5. The minimum absolute atomic E-state index is 0.115. The third-order valence-electron chi connectivity index (χ3n) is 7.72. The maximum Gasteiger partial charge on any atom is 0.258 e. The summed E-state index contributed by atoms with van der Waals surface area (Å²) in [5, 5.41) is 10.6. The fraction of sp³-hybridized carbons (Fsp3) is 0.731. The molecule has 34 heavy (non-hydrogen) atoms. The van der Waals surface area contributed by atoms with Gasteiger partial charge in [-0.15, -0.1) is 0 Å². The van der Waals surface area contributed by atoms with Crippen molar-refractivity contribution in [2.24, 2.45) is 40.7 Å². The van der Waals surface area contributed by atoms with E-state index in [0.29, 0.717) is 48.9 Å². The van der Waals surface area contributed by atoms with Crippen LogP contribution in [-0.4, -0.2) is 47.3 Å². The zero-order valence-electron chi connectivity index (χ0n) is 21.0. The van der Waals surface area contributed by atoms with Gasteiger partial charge >= 0.3 is 0 Å². The van der Waals surface area contributed by atoms with E-state index in [1.165, 1.54) is 32.1 Å². The summed E-state index contributed by atoms with van der Waals surface area (Å²) in [6.45, 7) is 9.07. The lowest BCUT2D eigenvalue weighted by atomic mass is 9.54. The number of amides is 2. The largest absolute Gasteiger partial charge is 0.477 e. The zero-order chi connectivity index (χ0) is 24.5. The number of ether oxygens (including phenoxy) is 1. The van der Waals surface area contributed by atoms with Crippen LogP contribution >= 0.6 is 0 Å². The Bertz CT molecular complexity index is 892. The highest BCUT2D eigenvalue weighted by molar-refractivity contribution is 5.96. The van der Waals surface area contributed by atoms with Crippen LogP contribution in [0.3, 0.4) is 0 Å². The van der Waals surface area contributed by atoms with Gasteiger partial charge < -0.3 is 21.1 Å². The van der Waals surface area contributed by atoms with Gasteiger partial charge in [0.2, 0.25) is 11.8 Å². The number of nitrogens with one attached hydrogen (secondary N) is 2. The summed E-state index contributed by atoms with van der Waals surface area (Å²) in [7, 11) is 0. The van der Waals surface area contributed by atoms with Crippen molar-refractivity contribution in [3.63, 3.8) is 0 Å². The van der Waals surface area contributed by atoms with E-state index >= 15 is 0 Å². The van der Waals surface area contributed by atoms with E-state index in [4.69, 9.17) is 10.5 Å². The molecule has 4 aliphatic rings. The second-order valence-corrected chi connectivity index (χ2v) is 11.5. The lowest BCUT2D eigenvalue weighted by molar-refractivity contribution is -0.127. The van der Waals surface area contributed by atoms with Crippen LogP contribution in [0, 0.1) is 35.0 Å². The van der Waals surface area contributed by atoms with Crippen LogP contribution in [0.15, 0.2) is 12.3 Å². The van der Waals surface area contributed by atoms with Gasteiger partial charge in [-0.2, -0.15) is 5.10 Å². The predicted octanol–water partition coefficient (Wildman–Crippen LogP) is 3.04. The molecule has 0 aromatic carbocycles. The minimum Gasteiger partial charge on any atom is -0.477 e. The van der Waals surface area contributed by atoms with E-state index in [0.717, 1.165) is 11.8 Å². The SMILES string of the molecule is CC(C)COc1c(C(=O)NC2C3CC4CC(C3)CC2C4)cnn1/C=C/C(C)(C)C(=O)NCCN. The van der Waals surface area contributed by atoms with Gasteiger partial charge in [-0.1, -0.05) is 19.9 Å². The summed E-state index contributed by atoms with van der Waals surface area (Å²) in [5.74, 6) is 3.40. The molecule has 8 heteroatoms. The lowest BCUT2D eigenvalue weighted by Crippen LogP contribution is -2.55. The number of hydrogen-bond donors (Lipinski definition) is 3. The van der Waals surface area contributed by atoms with Gasteiger partial charge in [-0.25, -0.2) is 4.68 Å². The van der Waals surface area contributed by atoms with Crippen molar-refractivity contribution in [2.45, 2.75) is 65.8 Å². The first kappa shape index (κ1) is 24.8. The van der Waals surface area contributed by atoms with Crippen LogP contribution in [0.25, 0.3) is 6.20 Å². The van der Waals surface area contributed by atoms with Crippen molar-refractivity contribution in [3.05, 3.63) is 17.8 Å². The average molecular weight is 472 g/mol. The fourth-order valence-electron chi connectivity index (χ4n) is 6.14. The molecule has 1 aromatic heterocycles. The first-order chi connectivity index (χ1) is 16.2. The normalized spacial score (nSPS) is 28.0. The van der Waals surface area contributed by atoms with Gasteiger partial charge in [0.1, 0.15) is 5.56 Å². The van der Waals surface area contributed by atoms with E-state index in [9.17, 15) is 9.59 Å². The van der Waals surface area contributed by atoms with Crippen LogP contribution < -0.4 is 21.1 Å². The van der Waals surface area contributed by atoms with E-state index in [2.05, 4.69) is 29.6 Å². The molecule has 0 saturated heterocycles. The van der Waals surface area contributed by atoms with Crippen LogP contribution in [0.2, 0.25) is 0 Å². The molecule has 4 fully saturated rings. The summed E-state index contributed by atoms with van der Waals surface area (Å²) >= 11 is 0. The van der Waals surface area contributed by atoms with E-state index < -0.39 is 5.41 Å². The Labute approximate surface area is 203 Å². The van der Waals surface area contributed by atoms with Crippen LogP contribution in [0.5, 0.6) is 5.88 Å². The number of carbonyl (C=O) groups is 2. The third kappa shape index (κ3) is 5.32. The van der Waals surface area contributed by atoms with Crippen molar-refractivity contribution in [2.75, 3.05) is 19.7 Å². The molecule has 4 N–H and O–H groups in total. The molecule has 0 radical (unpaired) electrons. The van der Waals surface area contributed by atoms with Gasteiger partial charge in [0.05, 0.1) is 18.2 Å². The standard InChI is InChI=1S/C26H41N5O3/c1-16(2)15-34-24-21(14-29-31(24)8-5-26(3,4)25(33)28-7-6-27)23(32)30-22-19-10-17-9-18(12-19)13-20(22)11-17/h5,8,14,16-20,22H,6-7,9-13,15,27H2,1-4H3,(H,28,33)(H,30,32)/b8-5+. The molecule has 4 bridgehead atoms. The van der Waals surface area contributed by atoms with Crippen LogP contribution in [0.1, 0.15) is 70.2 Å². The Morgan fingerprint density at radius 2 is 1.85 bits per heavy atom. The van der Waals surface area contributed by atoms with Crippen LogP contribution in [0.4, 0.5) is 0 Å². The number of carbonyl (C=O) groups excluding carboxylic acids is 2. The molecule has 0 atom stereocenters. The second kappa shape index (κ2) is 10.1. The minimum atomic E-state index is -0.765. The van der Waals surface area contributed by atoms with Gasteiger partial charge in [0, 0.05) is 25.3 Å². The summed E-state index contributed by atoms with van der Waals surface area (Å²) in [4.78, 5) is 25.9. The van der Waals surface area contributed by atoms with Crippen molar-refractivity contribution in [3.8, 4) is 5.88 Å². The molecule has 0 unspecified atom stereocenters. The maximum absolute atomic E-state index is 13.4. The Morgan fingerprint density at radius 3 is 2.44 bits per heavy atom. The molecular weight excluding hydrogens is 430 g/mol. The summed E-state index contributed by atoms with van der Waals surface area (Å²) in [6.07, 6.45) is 11.4. The molecule has 1 heterocycles. The van der Waals surface area contributed by atoms with Crippen molar-refractivity contribution < 1.29 is 14.3 Å². The molecule has 4 aliphatic carbocycles. The Morgan fingerprint density at radius 1 is 1.21 bits per heavy atom. The Kier molecular flexibility index (Phi) is 7.36. The van der Waals surface area contributed by atoms with E-state index in [1.54, 1.807) is 23.2 Å². The van der Waals surface area contributed by atoms with Gasteiger partial charge in [0.25, 0.3) is 5.91 Å². The van der Waals surface area contributed by atoms with Crippen molar-refractivity contribution in [1.29, 1.82) is 0 Å². The topological polar surface area (TPSA) is 111 Å². The Balaban J connectivity index is 1.51. The van der Waals surface area contributed by atoms with Gasteiger partial charge in [-0.3, -0.25) is 9.59 Å². The highest BCUT2D eigenvalue weighted by atomic mass is 16.5. The summed E-state index contributed by atoms with van der Waals surface area (Å²) in [6, 6.07) is 0.252. The van der Waals surface area contributed by atoms with Crippen molar-refractivity contribution >= 4 is 18.0 Å². The quantitative estimate of drug-likeness (QED) is 0.486. The molecule has 2 amide bonds. The maximum atomic E-state index is 13.4. The lowest BCUT2D eigenvalue weighted by Gasteiger charge is -2.54. The molecule has 188 valence electrons. The average Bonchev–Trinajstić information content (AvgIpc) is 3.19. The highest BCUT2D eigenvalue weighted by Gasteiger charge is 2.48. The van der Waals surface area contributed by atoms with E-state index in [-0.39, 0.29) is 17.9 Å². The number of hydrogen-bond acceptors (Lipinski definition) is 5. The van der Waals surface area contributed by atoms with E-state index in [1.807, 2.05) is 13.8 Å². The molecule has 4 saturated carbocycles. The first-order valence-corrected chi connectivity index (χ1v) is 12.9. The summed E-state index contributed by atoms with van der Waals surface area (Å²) < 4.78 is 7.62. The molecule has 8 nitrogen and oxygen atoms in total. The molecule has 5 rings (SSSR count). The smallest absolute Gasteiger partial charge is 0.258 e. The third-order valence-corrected chi connectivity index (χ3v) is 7.72. The Hall–Kier alpha value is -2.35. The molecule has 0 spiro atoms. The summed E-state index contributed by atoms with van der Waals surface area (Å²) in [5.41, 5.74) is 5.18. The predicted molar refractivity (Wildman–Crippen MR) is 132 cm³/mol. The number of rotatable bonds is 10. The van der Waals surface area contributed by atoms with Crippen molar-refractivity contribution in [1.82, 2.24) is 20.4 Å².